The fourth-order valence-electron chi connectivity index (χ4n) is 2.37. The molecule has 2 N–H and O–H groups in total. The molecule has 2 aliphatic rings. The van der Waals surface area contributed by atoms with Gasteiger partial charge in [-0.15, -0.1) is 5.10 Å². The topological polar surface area (TPSA) is 100 Å². The summed E-state index contributed by atoms with van der Waals surface area (Å²) in [7, 11) is 0. The van der Waals surface area contributed by atoms with E-state index in [9.17, 15) is 9.59 Å². The van der Waals surface area contributed by atoms with Crippen LogP contribution >= 0.6 is 0 Å². The molecule has 108 valence electrons. The second-order valence-electron chi connectivity index (χ2n) is 5.49. The number of likely N-dealkylation sites (tertiary alicyclic amines) is 1. The first-order valence-electron chi connectivity index (χ1n) is 6.71. The molecular weight excluding hydrogens is 262 g/mol. The van der Waals surface area contributed by atoms with Crippen molar-refractivity contribution >= 4 is 11.9 Å². The standard InChI is InChI=1S/C12H17N5O3/c1-7(12(19)20)8-4-16(5-8)11(18)10-6-17(15-14-10)9-2-13-3-9/h6-9,13H,2-5H2,1H3,(H,19,20). The van der Waals surface area contributed by atoms with E-state index in [2.05, 4.69) is 15.6 Å². The third-order valence-corrected chi connectivity index (χ3v) is 4.16. The van der Waals surface area contributed by atoms with Crippen molar-refractivity contribution in [3.05, 3.63) is 11.9 Å². The van der Waals surface area contributed by atoms with Gasteiger partial charge in [0.25, 0.3) is 5.91 Å². The van der Waals surface area contributed by atoms with Crippen LogP contribution in [0.1, 0.15) is 23.5 Å². The van der Waals surface area contributed by atoms with Crippen LogP contribution in [0, 0.1) is 11.8 Å². The minimum Gasteiger partial charge on any atom is -0.481 e. The normalized spacial score (nSPS) is 21.1. The Hall–Kier alpha value is -1.96. The first-order valence-corrected chi connectivity index (χ1v) is 6.71. The number of nitrogens with one attached hydrogen (secondary N) is 1. The molecule has 1 amide bonds. The van der Waals surface area contributed by atoms with Crippen molar-refractivity contribution in [1.29, 1.82) is 0 Å². The predicted molar refractivity (Wildman–Crippen MR) is 68.1 cm³/mol. The highest BCUT2D eigenvalue weighted by molar-refractivity contribution is 5.92. The Balaban J connectivity index is 1.57. The number of amides is 1. The Labute approximate surface area is 115 Å². The number of nitrogens with zero attached hydrogens (tertiary/aromatic N) is 4. The van der Waals surface area contributed by atoms with Gasteiger partial charge >= 0.3 is 5.97 Å². The van der Waals surface area contributed by atoms with Crippen molar-refractivity contribution in [3.63, 3.8) is 0 Å². The molecule has 1 aromatic heterocycles. The average Bonchev–Trinajstić information content (AvgIpc) is 2.73. The largest absolute Gasteiger partial charge is 0.481 e. The fraction of sp³-hybridized carbons (Fsp3) is 0.667. The molecule has 0 saturated carbocycles. The molecule has 1 aromatic rings. The lowest BCUT2D eigenvalue weighted by Gasteiger charge is -2.40. The highest BCUT2D eigenvalue weighted by Gasteiger charge is 2.38. The van der Waals surface area contributed by atoms with Gasteiger partial charge < -0.3 is 15.3 Å². The predicted octanol–water partition coefficient (Wildman–Crippen LogP) is -0.785. The second-order valence-corrected chi connectivity index (χ2v) is 5.49. The summed E-state index contributed by atoms with van der Waals surface area (Å²) in [6.45, 7) is 4.32. The number of aliphatic carboxylic acids is 1. The minimum atomic E-state index is -0.814. The van der Waals surface area contributed by atoms with E-state index < -0.39 is 11.9 Å². The van der Waals surface area contributed by atoms with Crippen LogP contribution in [0.5, 0.6) is 0 Å². The Kier molecular flexibility index (Phi) is 3.17. The number of hydrogen-bond acceptors (Lipinski definition) is 5. The van der Waals surface area contributed by atoms with Crippen LogP contribution in [-0.4, -0.2) is 63.1 Å². The maximum atomic E-state index is 12.2. The molecule has 8 nitrogen and oxygen atoms in total. The van der Waals surface area contributed by atoms with Crippen LogP contribution in [0.4, 0.5) is 0 Å². The molecule has 20 heavy (non-hydrogen) atoms. The van der Waals surface area contributed by atoms with E-state index in [0.717, 1.165) is 13.1 Å². The van der Waals surface area contributed by atoms with E-state index >= 15 is 0 Å². The van der Waals surface area contributed by atoms with Gasteiger partial charge in [0.1, 0.15) is 0 Å². The Morgan fingerprint density at radius 2 is 2.15 bits per heavy atom. The molecule has 0 bridgehead atoms. The van der Waals surface area contributed by atoms with E-state index in [4.69, 9.17) is 5.11 Å². The van der Waals surface area contributed by atoms with Crippen LogP contribution in [0.25, 0.3) is 0 Å². The molecule has 1 atom stereocenters. The summed E-state index contributed by atoms with van der Waals surface area (Å²) in [6, 6.07) is 0.278. The van der Waals surface area contributed by atoms with Gasteiger partial charge in [-0.3, -0.25) is 9.59 Å². The molecule has 0 spiro atoms. The molecule has 8 heteroatoms. The number of carbonyl (C=O) groups excluding carboxylic acids is 1. The third-order valence-electron chi connectivity index (χ3n) is 4.16. The van der Waals surface area contributed by atoms with E-state index in [1.807, 2.05) is 0 Å². The van der Waals surface area contributed by atoms with Crippen LogP contribution in [0.3, 0.4) is 0 Å². The van der Waals surface area contributed by atoms with Crippen molar-refractivity contribution in [2.75, 3.05) is 26.2 Å². The van der Waals surface area contributed by atoms with Gasteiger partial charge in [0, 0.05) is 32.1 Å². The number of hydrogen-bond donors (Lipinski definition) is 2. The smallest absolute Gasteiger partial charge is 0.306 e. The lowest BCUT2D eigenvalue weighted by Crippen LogP contribution is -2.53. The first-order chi connectivity index (χ1) is 9.56. The summed E-state index contributed by atoms with van der Waals surface area (Å²) >= 11 is 0. The van der Waals surface area contributed by atoms with Gasteiger partial charge in [-0.05, 0) is 0 Å². The molecular formula is C12H17N5O3. The van der Waals surface area contributed by atoms with Crippen LogP contribution in [0.2, 0.25) is 0 Å². The maximum Gasteiger partial charge on any atom is 0.306 e. The number of aromatic nitrogens is 3. The maximum absolute atomic E-state index is 12.2. The zero-order valence-electron chi connectivity index (χ0n) is 11.2. The summed E-state index contributed by atoms with van der Waals surface area (Å²) in [5.41, 5.74) is 0.332. The van der Waals surface area contributed by atoms with Crippen molar-refractivity contribution in [2.24, 2.45) is 11.8 Å². The molecule has 3 heterocycles. The Morgan fingerprint density at radius 3 is 2.70 bits per heavy atom. The summed E-state index contributed by atoms with van der Waals surface area (Å²) in [5.74, 6) is -1.37. The number of carboxylic acids is 1. The molecule has 0 aromatic carbocycles. The SMILES string of the molecule is CC(C(=O)O)C1CN(C(=O)c2cn(C3CNC3)nn2)C1. The zero-order chi connectivity index (χ0) is 14.3. The first kappa shape index (κ1) is 13.0. The molecule has 2 aliphatic heterocycles. The fourth-order valence-corrected chi connectivity index (χ4v) is 2.37. The van der Waals surface area contributed by atoms with Gasteiger partial charge in [-0.1, -0.05) is 12.1 Å². The molecule has 0 aliphatic carbocycles. The third kappa shape index (κ3) is 2.15. The van der Waals surface area contributed by atoms with E-state index in [-0.39, 0.29) is 17.9 Å². The van der Waals surface area contributed by atoms with Gasteiger partial charge in [-0.2, -0.15) is 0 Å². The zero-order valence-corrected chi connectivity index (χ0v) is 11.2. The number of carboxylic acid groups (broad SMARTS) is 1. The van der Waals surface area contributed by atoms with Gasteiger partial charge in [-0.25, -0.2) is 4.68 Å². The molecule has 0 radical (unpaired) electrons. The van der Waals surface area contributed by atoms with Crippen molar-refractivity contribution < 1.29 is 14.7 Å². The van der Waals surface area contributed by atoms with E-state index in [1.54, 1.807) is 22.7 Å². The van der Waals surface area contributed by atoms with Crippen molar-refractivity contribution in [3.8, 4) is 0 Å². The minimum absolute atomic E-state index is 0.0299. The van der Waals surface area contributed by atoms with Gasteiger partial charge in [0.2, 0.25) is 0 Å². The monoisotopic (exact) mass is 279 g/mol. The molecule has 2 fully saturated rings. The highest BCUT2D eigenvalue weighted by atomic mass is 16.4. The van der Waals surface area contributed by atoms with Crippen LogP contribution in [0.15, 0.2) is 6.20 Å². The average molecular weight is 279 g/mol. The number of carbonyl (C=O) groups is 2. The molecule has 3 rings (SSSR count). The number of rotatable bonds is 4. The van der Waals surface area contributed by atoms with Gasteiger partial charge in [0.05, 0.1) is 18.2 Å². The van der Waals surface area contributed by atoms with Crippen molar-refractivity contribution in [2.45, 2.75) is 13.0 Å². The summed E-state index contributed by atoms with van der Waals surface area (Å²) in [5, 5.41) is 19.9. The van der Waals surface area contributed by atoms with Crippen LogP contribution in [-0.2, 0) is 4.79 Å². The summed E-state index contributed by atoms with van der Waals surface area (Å²) in [4.78, 5) is 24.6. The molecule has 1 unspecified atom stereocenters. The second kappa shape index (κ2) is 4.86. The van der Waals surface area contributed by atoms with Gasteiger partial charge in [0.15, 0.2) is 5.69 Å². The summed E-state index contributed by atoms with van der Waals surface area (Å²) < 4.78 is 1.71. The van der Waals surface area contributed by atoms with Crippen molar-refractivity contribution in [1.82, 2.24) is 25.2 Å². The van der Waals surface area contributed by atoms with Crippen LogP contribution < -0.4 is 5.32 Å². The van der Waals surface area contributed by atoms with E-state index in [0.29, 0.717) is 18.8 Å². The Morgan fingerprint density at radius 1 is 1.45 bits per heavy atom. The quantitative estimate of drug-likeness (QED) is 0.749. The Bertz CT molecular complexity index is 533. The lowest BCUT2D eigenvalue weighted by atomic mass is 9.87. The summed E-state index contributed by atoms with van der Waals surface area (Å²) in [6.07, 6.45) is 1.67. The van der Waals surface area contributed by atoms with E-state index in [1.165, 1.54) is 0 Å². The molecule has 2 saturated heterocycles. The highest BCUT2D eigenvalue weighted by Crippen LogP contribution is 2.25. The lowest BCUT2D eigenvalue weighted by molar-refractivity contribution is -0.144.